The Morgan fingerprint density at radius 3 is 2.00 bits per heavy atom. The highest BCUT2D eigenvalue weighted by Gasteiger charge is 2.30. The molecular formula is C27H26N2O5. The van der Waals surface area contributed by atoms with Gasteiger partial charge in [-0.25, -0.2) is 4.79 Å². The largest absolute Gasteiger partial charge is 0.481 e. The molecule has 7 nitrogen and oxygen atoms in total. The number of amides is 2. The zero-order valence-electron chi connectivity index (χ0n) is 18.7. The first-order valence-electron chi connectivity index (χ1n) is 11.1. The molecule has 0 spiro atoms. The number of alkyl carbamates (subject to hydrolysis) is 1. The molecule has 2 amide bonds. The summed E-state index contributed by atoms with van der Waals surface area (Å²) in [6, 6.07) is 23.2. The van der Waals surface area contributed by atoms with E-state index in [0.717, 1.165) is 22.3 Å². The minimum atomic E-state index is -1.02. The van der Waals surface area contributed by atoms with E-state index in [2.05, 4.69) is 22.8 Å². The van der Waals surface area contributed by atoms with Gasteiger partial charge in [-0.3, -0.25) is 9.59 Å². The van der Waals surface area contributed by atoms with Crippen molar-refractivity contribution in [2.75, 3.05) is 6.61 Å². The van der Waals surface area contributed by atoms with Crippen molar-refractivity contribution in [2.45, 2.75) is 31.3 Å². The summed E-state index contributed by atoms with van der Waals surface area (Å²) in [5.74, 6) is -1.63. The Morgan fingerprint density at radius 1 is 0.853 bits per heavy atom. The van der Waals surface area contributed by atoms with Crippen molar-refractivity contribution in [3.63, 3.8) is 0 Å². The van der Waals surface area contributed by atoms with Gasteiger partial charge in [0.25, 0.3) is 0 Å². The van der Waals surface area contributed by atoms with E-state index in [9.17, 15) is 14.4 Å². The first kappa shape index (κ1) is 23.0. The number of benzene rings is 3. The van der Waals surface area contributed by atoms with Gasteiger partial charge in [0.2, 0.25) is 5.91 Å². The lowest BCUT2D eigenvalue weighted by molar-refractivity contribution is -0.137. The highest BCUT2D eigenvalue weighted by Crippen LogP contribution is 2.44. The van der Waals surface area contributed by atoms with E-state index < -0.39 is 30.1 Å². The molecule has 0 fully saturated rings. The molecule has 4 rings (SSSR count). The van der Waals surface area contributed by atoms with Crippen molar-refractivity contribution < 1.29 is 24.2 Å². The lowest BCUT2D eigenvalue weighted by atomic mass is 9.98. The maximum atomic E-state index is 12.9. The quantitative estimate of drug-likeness (QED) is 0.468. The number of carbonyl (C=O) groups is 3. The molecule has 1 aliphatic carbocycles. The molecule has 0 aliphatic heterocycles. The van der Waals surface area contributed by atoms with E-state index in [-0.39, 0.29) is 18.9 Å². The van der Waals surface area contributed by atoms with Crippen molar-refractivity contribution >= 4 is 18.0 Å². The van der Waals surface area contributed by atoms with Crippen LogP contribution in [-0.2, 0) is 14.3 Å². The maximum Gasteiger partial charge on any atom is 0.408 e. The van der Waals surface area contributed by atoms with Gasteiger partial charge in [-0.15, -0.1) is 0 Å². The first-order chi connectivity index (χ1) is 16.4. The van der Waals surface area contributed by atoms with E-state index in [1.165, 1.54) is 0 Å². The summed E-state index contributed by atoms with van der Waals surface area (Å²) < 4.78 is 5.59. The highest BCUT2D eigenvalue weighted by atomic mass is 16.5. The van der Waals surface area contributed by atoms with Gasteiger partial charge >= 0.3 is 12.1 Å². The fourth-order valence-corrected chi connectivity index (χ4v) is 4.34. The van der Waals surface area contributed by atoms with Crippen LogP contribution in [0.15, 0.2) is 78.9 Å². The van der Waals surface area contributed by atoms with Crippen LogP contribution in [-0.4, -0.2) is 35.7 Å². The molecule has 1 aliphatic rings. The van der Waals surface area contributed by atoms with Gasteiger partial charge < -0.3 is 20.5 Å². The van der Waals surface area contributed by atoms with Crippen LogP contribution in [0.25, 0.3) is 11.1 Å². The Labute approximate surface area is 197 Å². The molecule has 1 unspecified atom stereocenters. The van der Waals surface area contributed by atoms with E-state index >= 15 is 0 Å². The van der Waals surface area contributed by atoms with Crippen molar-refractivity contribution in [3.8, 4) is 11.1 Å². The molecule has 0 radical (unpaired) electrons. The number of fused-ring (bicyclic) bond motifs is 3. The van der Waals surface area contributed by atoms with Gasteiger partial charge in [-0.05, 0) is 34.7 Å². The number of aliphatic carboxylic acids is 1. The van der Waals surface area contributed by atoms with Crippen LogP contribution < -0.4 is 10.6 Å². The second-order valence-corrected chi connectivity index (χ2v) is 8.32. The van der Waals surface area contributed by atoms with Crippen molar-refractivity contribution in [2.24, 2.45) is 0 Å². The zero-order chi connectivity index (χ0) is 24.1. The van der Waals surface area contributed by atoms with Crippen LogP contribution in [0.5, 0.6) is 0 Å². The standard InChI is InChI=1S/C27H26N2O5/c1-17(15-24(30)31)28-26(32)25(18-9-3-2-4-10-18)29-27(33)34-16-23-21-13-7-5-11-19(21)20-12-6-8-14-22(20)23/h2-14,17,23,25H,15-16H2,1H3,(H,28,32)(H,29,33)(H,30,31)/t17?,25-/m0/s1. The molecule has 0 saturated carbocycles. The van der Waals surface area contributed by atoms with Crippen LogP contribution in [0, 0.1) is 0 Å². The van der Waals surface area contributed by atoms with Crippen molar-refractivity contribution in [1.82, 2.24) is 10.6 Å². The molecular weight excluding hydrogens is 432 g/mol. The Morgan fingerprint density at radius 2 is 1.41 bits per heavy atom. The van der Waals surface area contributed by atoms with Crippen LogP contribution in [0.3, 0.4) is 0 Å². The predicted molar refractivity (Wildman–Crippen MR) is 127 cm³/mol. The van der Waals surface area contributed by atoms with Crippen molar-refractivity contribution in [1.29, 1.82) is 0 Å². The Balaban J connectivity index is 1.46. The summed E-state index contributed by atoms with van der Waals surface area (Å²) in [5, 5.41) is 14.3. The van der Waals surface area contributed by atoms with Crippen LogP contribution >= 0.6 is 0 Å². The summed E-state index contributed by atoms with van der Waals surface area (Å²) in [6.45, 7) is 1.72. The molecule has 34 heavy (non-hydrogen) atoms. The van der Waals surface area contributed by atoms with Crippen molar-refractivity contribution in [3.05, 3.63) is 95.6 Å². The number of hydrogen-bond donors (Lipinski definition) is 3. The molecule has 3 aromatic carbocycles. The average Bonchev–Trinajstić information content (AvgIpc) is 3.15. The average molecular weight is 459 g/mol. The Bertz CT molecular complexity index is 1150. The molecule has 174 valence electrons. The van der Waals surface area contributed by atoms with Gasteiger partial charge in [-0.2, -0.15) is 0 Å². The minimum absolute atomic E-state index is 0.0993. The lowest BCUT2D eigenvalue weighted by Crippen LogP contribution is -2.44. The van der Waals surface area contributed by atoms with Gasteiger partial charge in [0.15, 0.2) is 0 Å². The topological polar surface area (TPSA) is 105 Å². The van der Waals surface area contributed by atoms with Gasteiger partial charge in [-0.1, -0.05) is 78.9 Å². The van der Waals surface area contributed by atoms with Crippen LogP contribution in [0.1, 0.15) is 42.0 Å². The third-order valence-corrected chi connectivity index (χ3v) is 5.87. The smallest absolute Gasteiger partial charge is 0.408 e. The summed E-state index contributed by atoms with van der Waals surface area (Å²) in [5.41, 5.74) is 5.01. The molecule has 3 aromatic rings. The summed E-state index contributed by atoms with van der Waals surface area (Å²) in [6.07, 6.45) is -0.949. The second kappa shape index (κ2) is 10.2. The molecule has 2 atom stereocenters. The third-order valence-electron chi connectivity index (χ3n) is 5.87. The van der Waals surface area contributed by atoms with E-state index in [0.29, 0.717) is 5.56 Å². The molecule has 3 N–H and O–H groups in total. The van der Waals surface area contributed by atoms with E-state index in [1.54, 1.807) is 37.3 Å². The maximum absolute atomic E-state index is 12.9. The number of ether oxygens (including phenoxy) is 1. The first-order valence-corrected chi connectivity index (χ1v) is 11.1. The minimum Gasteiger partial charge on any atom is -0.481 e. The molecule has 0 aromatic heterocycles. The third kappa shape index (κ3) is 5.09. The fraction of sp³-hybridized carbons (Fsp3) is 0.222. The van der Waals surface area contributed by atoms with Gasteiger partial charge in [0, 0.05) is 12.0 Å². The van der Waals surface area contributed by atoms with Gasteiger partial charge in [0.1, 0.15) is 12.6 Å². The molecule has 0 saturated heterocycles. The SMILES string of the molecule is CC(CC(=O)O)NC(=O)[C@@H](NC(=O)OCC1c2ccccc2-c2ccccc21)c1ccccc1. The molecule has 7 heteroatoms. The number of carboxylic acids is 1. The summed E-state index contributed by atoms with van der Waals surface area (Å²) >= 11 is 0. The fourth-order valence-electron chi connectivity index (χ4n) is 4.34. The number of carboxylic acid groups (broad SMARTS) is 1. The monoisotopic (exact) mass is 458 g/mol. The number of rotatable bonds is 8. The highest BCUT2D eigenvalue weighted by molar-refractivity contribution is 5.87. The number of nitrogens with one attached hydrogen (secondary N) is 2. The predicted octanol–water partition coefficient (Wildman–Crippen LogP) is 4.25. The molecule has 0 bridgehead atoms. The zero-order valence-corrected chi connectivity index (χ0v) is 18.7. The van der Waals surface area contributed by atoms with Crippen LogP contribution in [0.2, 0.25) is 0 Å². The Kier molecular flexibility index (Phi) is 6.92. The van der Waals surface area contributed by atoms with Crippen LogP contribution in [0.4, 0.5) is 4.79 Å². The van der Waals surface area contributed by atoms with E-state index in [1.807, 2.05) is 36.4 Å². The second-order valence-electron chi connectivity index (χ2n) is 8.32. The normalized spacial score (nSPS) is 13.8. The number of carbonyl (C=O) groups excluding carboxylic acids is 2. The summed E-state index contributed by atoms with van der Waals surface area (Å²) in [7, 11) is 0. The Hall–Kier alpha value is -4.13. The number of hydrogen-bond acceptors (Lipinski definition) is 4. The lowest BCUT2D eigenvalue weighted by Gasteiger charge is -2.22. The van der Waals surface area contributed by atoms with E-state index in [4.69, 9.17) is 9.84 Å². The van der Waals surface area contributed by atoms with Gasteiger partial charge in [0.05, 0.1) is 6.42 Å². The molecule has 0 heterocycles. The summed E-state index contributed by atoms with van der Waals surface area (Å²) in [4.78, 5) is 36.6.